The van der Waals surface area contributed by atoms with Crippen molar-refractivity contribution in [2.75, 3.05) is 0 Å². The standard InChI is InChI=1S/C12H18/c1-2-4-12-10-7-5-9(6-8-10)11(12)3-1/h1,3,9-12H,2,4-8H2. The first-order chi connectivity index (χ1) is 5.95. The minimum Gasteiger partial charge on any atom is -0.0882 e. The lowest BCUT2D eigenvalue weighted by Gasteiger charge is -2.49. The molecule has 0 spiro atoms. The summed E-state index contributed by atoms with van der Waals surface area (Å²) in [5.41, 5.74) is 0. The van der Waals surface area contributed by atoms with E-state index in [1.54, 1.807) is 12.8 Å². The van der Waals surface area contributed by atoms with Crippen LogP contribution in [0.2, 0.25) is 0 Å². The lowest BCUT2D eigenvalue weighted by atomic mass is 9.56. The molecular weight excluding hydrogens is 144 g/mol. The number of fused-ring (bicyclic) bond motifs is 2. The van der Waals surface area contributed by atoms with Gasteiger partial charge in [0.1, 0.15) is 0 Å². The molecule has 0 aromatic rings. The van der Waals surface area contributed by atoms with Crippen LogP contribution in [0, 0.1) is 23.7 Å². The molecule has 0 aromatic heterocycles. The maximum Gasteiger partial charge on any atom is -0.0174 e. The maximum atomic E-state index is 2.55. The average molecular weight is 162 g/mol. The van der Waals surface area contributed by atoms with E-state index in [0.717, 1.165) is 23.7 Å². The monoisotopic (exact) mass is 162 g/mol. The maximum absolute atomic E-state index is 2.55. The number of rotatable bonds is 0. The molecule has 0 heterocycles. The van der Waals surface area contributed by atoms with Gasteiger partial charge in [0.2, 0.25) is 0 Å². The Bertz CT molecular complexity index is 196. The largest absolute Gasteiger partial charge is 0.0882 e. The van der Waals surface area contributed by atoms with Crippen molar-refractivity contribution >= 4 is 0 Å². The highest BCUT2D eigenvalue weighted by atomic mass is 14.5. The SMILES string of the molecule is C1=CC2C3CCC(CC3)C2CC1. The molecule has 2 atom stereocenters. The van der Waals surface area contributed by atoms with Gasteiger partial charge in [-0.15, -0.1) is 0 Å². The highest BCUT2D eigenvalue weighted by molar-refractivity contribution is 5.05. The fraction of sp³-hybridized carbons (Fsp3) is 0.833. The first-order valence-electron chi connectivity index (χ1n) is 5.62. The van der Waals surface area contributed by atoms with Gasteiger partial charge in [-0.1, -0.05) is 12.2 Å². The Labute approximate surface area is 75.0 Å². The van der Waals surface area contributed by atoms with Crippen molar-refractivity contribution < 1.29 is 0 Å². The molecule has 4 aliphatic carbocycles. The zero-order chi connectivity index (χ0) is 7.97. The second kappa shape index (κ2) is 2.61. The topological polar surface area (TPSA) is 0 Å². The predicted molar refractivity (Wildman–Crippen MR) is 50.8 cm³/mol. The Morgan fingerprint density at radius 3 is 2.33 bits per heavy atom. The van der Waals surface area contributed by atoms with E-state index in [0.29, 0.717) is 0 Å². The van der Waals surface area contributed by atoms with Gasteiger partial charge in [0.05, 0.1) is 0 Å². The Kier molecular flexibility index (Phi) is 1.56. The molecule has 12 heavy (non-hydrogen) atoms. The van der Waals surface area contributed by atoms with Crippen molar-refractivity contribution in [3.8, 4) is 0 Å². The summed E-state index contributed by atoms with van der Waals surface area (Å²) in [7, 11) is 0. The molecule has 0 heteroatoms. The van der Waals surface area contributed by atoms with Gasteiger partial charge in [-0.2, -0.15) is 0 Å². The van der Waals surface area contributed by atoms with Crippen LogP contribution in [-0.4, -0.2) is 0 Å². The van der Waals surface area contributed by atoms with E-state index in [4.69, 9.17) is 0 Å². The highest BCUT2D eigenvalue weighted by Gasteiger charge is 2.42. The predicted octanol–water partition coefficient (Wildman–Crippen LogP) is 3.39. The smallest absolute Gasteiger partial charge is 0.0174 e. The van der Waals surface area contributed by atoms with Gasteiger partial charge in [-0.3, -0.25) is 0 Å². The van der Waals surface area contributed by atoms with Crippen molar-refractivity contribution in [2.45, 2.75) is 38.5 Å². The first-order valence-corrected chi connectivity index (χ1v) is 5.62. The lowest BCUT2D eigenvalue weighted by molar-refractivity contribution is 0.0411. The quantitative estimate of drug-likeness (QED) is 0.479. The molecule has 0 radical (unpaired) electrons. The average Bonchev–Trinajstić information content (AvgIpc) is 2.20. The first kappa shape index (κ1) is 7.17. The van der Waals surface area contributed by atoms with Crippen LogP contribution in [0.1, 0.15) is 38.5 Å². The van der Waals surface area contributed by atoms with E-state index in [-0.39, 0.29) is 0 Å². The van der Waals surface area contributed by atoms with E-state index in [9.17, 15) is 0 Å². The highest BCUT2D eigenvalue weighted by Crippen LogP contribution is 2.52. The Morgan fingerprint density at radius 2 is 1.58 bits per heavy atom. The molecule has 2 bridgehead atoms. The summed E-state index contributed by atoms with van der Waals surface area (Å²) in [6, 6.07) is 0. The van der Waals surface area contributed by atoms with Gasteiger partial charge in [0.15, 0.2) is 0 Å². The van der Waals surface area contributed by atoms with Crippen molar-refractivity contribution in [1.82, 2.24) is 0 Å². The van der Waals surface area contributed by atoms with Crippen LogP contribution in [0.15, 0.2) is 12.2 Å². The summed E-state index contributed by atoms with van der Waals surface area (Å²) >= 11 is 0. The zero-order valence-corrected chi connectivity index (χ0v) is 7.71. The number of allylic oxidation sites excluding steroid dienone is 2. The number of hydrogen-bond acceptors (Lipinski definition) is 0. The summed E-state index contributed by atoms with van der Waals surface area (Å²) in [4.78, 5) is 0. The molecule has 4 aliphatic rings. The third-order valence-electron chi connectivity index (χ3n) is 4.49. The van der Waals surface area contributed by atoms with Gasteiger partial charge in [0, 0.05) is 0 Å². The van der Waals surface area contributed by atoms with E-state index in [1.807, 2.05) is 0 Å². The lowest BCUT2D eigenvalue weighted by Crippen LogP contribution is -2.39. The van der Waals surface area contributed by atoms with Gasteiger partial charge in [-0.05, 0) is 62.2 Å². The molecule has 0 saturated heterocycles. The molecule has 4 rings (SSSR count). The fourth-order valence-electron chi connectivity index (χ4n) is 3.89. The van der Waals surface area contributed by atoms with Crippen LogP contribution in [-0.2, 0) is 0 Å². The van der Waals surface area contributed by atoms with E-state index < -0.39 is 0 Å². The Balaban J connectivity index is 1.91. The van der Waals surface area contributed by atoms with Crippen molar-refractivity contribution in [2.24, 2.45) is 23.7 Å². The molecule has 0 amide bonds. The molecule has 3 fully saturated rings. The van der Waals surface area contributed by atoms with Crippen LogP contribution in [0.25, 0.3) is 0 Å². The van der Waals surface area contributed by atoms with E-state index in [1.165, 1.54) is 25.7 Å². The van der Waals surface area contributed by atoms with Crippen molar-refractivity contribution in [3.05, 3.63) is 12.2 Å². The summed E-state index contributed by atoms with van der Waals surface area (Å²) in [6.45, 7) is 0. The molecule has 0 aromatic carbocycles. The Morgan fingerprint density at radius 1 is 0.833 bits per heavy atom. The van der Waals surface area contributed by atoms with Gasteiger partial charge >= 0.3 is 0 Å². The van der Waals surface area contributed by atoms with Gasteiger partial charge in [0.25, 0.3) is 0 Å². The fourth-order valence-corrected chi connectivity index (χ4v) is 3.89. The third-order valence-corrected chi connectivity index (χ3v) is 4.49. The molecule has 2 unspecified atom stereocenters. The molecule has 0 aliphatic heterocycles. The van der Waals surface area contributed by atoms with Crippen LogP contribution in [0.3, 0.4) is 0 Å². The van der Waals surface area contributed by atoms with Crippen LogP contribution in [0.4, 0.5) is 0 Å². The second-order valence-corrected chi connectivity index (χ2v) is 4.92. The summed E-state index contributed by atoms with van der Waals surface area (Å²) in [5.74, 6) is 4.30. The molecule has 66 valence electrons. The second-order valence-electron chi connectivity index (χ2n) is 4.92. The number of hydrogen-bond donors (Lipinski definition) is 0. The van der Waals surface area contributed by atoms with Crippen LogP contribution in [0.5, 0.6) is 0 Å². The molecule has 0 N–H and O–H groups in total. The summed E-state index contributed by atoms with van der Waals surface area (Å²) < 4.78 is 0. The van der Waals surface area contributed by atoms with Crippen LogP contribution >= 0.6 is 0 Å². The van der Waals surface area contributed by atoms with Gasteiger partial charge < -0.3 is 0 Å². The van der Waals surface area contributed by atoms with Crippen molar-refractivity contribution in [3.63, 3.8) is 0 Å². The van der Waals surface area contributed by atoms with Crippen LogP contribution < -0.4 is 0 Å². The van der Waals surface area contributed by atoms with E-state index >= 15 is 0 Å². The minimum atomic E-state index is 1.01. The Hall–Kier alpha value is -0.260. The molecule has 0 nitrogen and oxygen atoms in total. The zero-order valence-electron chi connectivity index (χ0n) is 7.71. The van der Waals surface area contributed by atoms with E-state index in [2.05, 4.69) is 12.2 Å². The minimum absolute atomic E-state index is 1.01. The molecular formula is C12H18. The molecule has 3 saturated carbocycles. The van der Waals surface area contributed by atoms with Crippen molar-refractivity contribution in [1.29, 1.82) is 0 Å². The third kappa shape index (κ3) is 0.901. The normalized spacial score (nSPS) is 50.7. The summed E-state index contributed by atoms with van der Waals surface area (Å²) in [5, 5.41) is 0. The van der Waals surface area contributed by atoms with Gasteiger partial charge in [-0.25, -0.2) is 0 Å². The summed E-state index contributed by atoms with van der Waals surface area (Å²) in [6.07, 6.45) is 14.0.